The second-order valence-corrected chi connectivity index (χ2v) is 2.79. The lowest BCUT2D eigenvalue weighted by Gasteiger charge is -2.17. The molecule has 0 atom stereocenters. The van der Waals surface area contributed by atoms with E-state index in [9.17, 15) is 4.79 Å². The summed E-state index contributed by atoms with van der Waals surface area (Å²) in [7, 11) is 0. The number of hydrogen-bond acceptors (Lipinski definition) is 2. The molecule has 0 saturated heterocycles. The fraction of sp³-hybridized carbons (Fsp3) is 0.571. The third kappa shape index (κ3) is 7.03. The SMILES string of the molecule is CC(C)(C)NC=C=C=O. The Morgan fingerprint density at radius 3 is 2.33 bits per heavy atom. The lowest BCUT2D eigenvalue weighted by Crippen LogP contribution is -2.30. The van der Waals surface area contributed by atoms with E-state index in [0.29, 0.717) is 0 Å². The van der Waals surface area contributed by atoms with Crippen LogP contribution in [0.5, 0.6) is 0 Å². The van der Waals surface area contributed by atoms with E-state index in [-0.39, 0.29) is 5.54 Å². The summed E-state index contributed by atoms with van der Waals surface area (Å²) in [6.45, 7) is 5.99. The van der Waals surface area contributed by atoms with Crippen molar-refractivity contribution < 1.29 is 4.79 Å². The molecule has 0 aliphatic heterocycles. The molecular weight excluding hydrogens is 114 g/mol. The average Bonchev–Trinajstić information content (AvgIpc) is 1.63. The zero-order valence-corrected chi connectivity index (χ0v) is 5.99. The number of rotatable bonds is 1. The first kappa shape index (κ1) is 8.03. The molecule has 2 heteroatoms. The predicted octanol–water partition coefficient (Wildman–Crippen LogP) is 0.875. The Labute approximate surface area is 55.3 Å². The molecule has 0 amide bonds. The van der Waals surface area contributed by atoms with Gasteiger partial charge in [0, 0.05) is 5.54 Å². The number of hydrogen-bond donors (Lipinski definition) is 1. The van der Waals surface area contributed by atoms with Gasteiger partial charge in [-0.25, -0.2) is 4.79 Å². The van der Waals surface area contributed by atoms with Gasteiger partial charge in [-0.1, -0.05) is 0 Å². The molecule has 9 heavy (non-hydrogen) atoms. The van der Waals surface area contributed by atoms with E-state index in [4.69, 9.17) is 0 Å². The summed E-state index contributed by atoms with van der Waals surface area (Å²) in [4.78, 5) is 9.58. The Hall–Kier alpha value is -0.970. The van der Waals surface area contributed by atoms with Crippen LogP contribution >= 0.6 is 0 Å². The highest BCUT2D eigenvalue weighted by Crippen LogP contribution is 1.96. The molecule has 0 aromatic heterocycles. The van der Waals surface area contributed by atoms with Crippen molar-refractivity contribution in [2.45, 2.75) is 26.3 Å². The maximum absolute atomic E-state index is 9.58. The number of carbonyl (C=O) groups excluding carboxylic acids is 1. The fourth-order valence-electron chi connectivity index (χ4n) is 0.282. The van der Waals surface area contributed by atoms with Gasteiger partial charge in [0.2, 0.25) is 0 Å². The largest absolute Gasteiger partial charge is 0.379 e. The van der Waals surface area contributed by atoms with Crippen LogP contribution in [0.3, 0.4) is 0 Å². The number of nitrogens with one attached hydrogen (secondary N) is 1. The van der Waals surface area contributed by atoms with E-state index < -0.39 is 0 Å². The molecule has 0 heterocycles. The van der Waals surface area contributed by atoms with Crippen LogP contribution in [0.4, 0.5) is 0 Å². The Balaban J connectivity index is 3.77. The van der Waals surface area contributed by atoms with Crippen molar-refractivity contribution in [3.8, 4) is 0 Å². The summed E-state index contributed by atoms with van der Waals surface area (Å²) in [5, 5.41) is 2.92. The second-order valence-electron chi connectivity index (χ2n) is 2.79. The average molecular weight is 125 g/mol. The highest BCUT2D eigenvalue weighted by Gasteiger charge is 2.03. The van der Waals surface area contributed by atoms with Crippen molar-refractivity contribution in [2.75, 3.05) is 0 Å². The van der Waals surface area contributed by atoms with Crippen LogP contribution in [0.15, 0.2) is 11.9 Å². The zero-order chi connectivity index (χ0) is 7.33. The molecule has 1 N–H and O–H groups in total. The van der Waals surface area contributed by atoms with Crippen molar-refractivity contribution in [3.63, 3.8) is 0 Å². The Morgan fingerprint density at radius 2 is 2.00 bits per heavy atom. The standard InChI is InChI=1S/C7H11NO/c1-7(2,3)8-5-4-6-9/h5,8H,1-3H3. The molecular formula is C7H11NO. The lowest BCUT2D eigenvalue weighted by molar-refractivity contribution is 0.491. The van der Waals surface area contributed by atoms with Crippen molar-refractivity contribution in [2.24, 2.45) is 0 Å². The van der Waals surface area contributed by atoms with Crippen molar-refractivity contribution in [1.82, 2.24) is 5.32 Å². The van der Waals surface area contributed by atoms with Gasteiger partial charge in [0.1, 0.15) is 0 Å². The van der Waals surface area contributed by atoms with Crippen molar-refractivity contribution in [1.29, 1.82) is 0 Å². The molecule has 0 saturated carbocycles. The molecule has 0 rings (SSSR count). The van der Waals surface area contributed by atoms with Crippen molar-refractivity contribution >= 4 is 5.94 Å². The maximum atomic E-state index is 9.58. The van der Waals surface area contributed by atoms with Crippen LogP contribution in [0.2, 0.25) is 0 Å². The van der Waals surface area contributed by atoms with Gasteiger partial charge in [-0.05, 0) is 26.5 Å². The minimum Gasteiger partial charge on any atom is -0.379 e. The predicted molar refractivity (Wildman–Crippen MR) is 36.7 cm³/mol. The first-order valence-corrected chi connectivity index (χ1v) is 2.78. The Morgan fingerprint density at radius 1 is 1.44 bits per heavy atom. The molecule has 0 aromatic rings. The summed E-state index contributed by atoms with van der Waals surface area (Å²) in [5.74, 6) is 1.52. The van der Waals surface area contributed by atoms with Gasteiger partial charge >= 0.3 is 0 Å². The monoisotopic (exact) mass is 125 g/mol. The van der Waals surface area contributed by atoms with E-state index in [0.717, 1.165) is 0 Å². The fourth-order valence-corrected chi connectivity index (χ4v) is 0.282. The van der Waals surface area contributed by atoms with Crippen LogP contribution in [-0.2, 0) is 4.79 Å². The summed E-state index contributed by atoms with van der Waals surface area (Å²) in [6.07, 6.45) is 1.47. The summed E-state index contributed by atoms with van der Waals surface area (Å²) >= 11 is 0. The first-order valence-electron chi connectivity index (χ1n) is 2.78. The minimum atomic E-state index is 0.00382. The molecule has 0 aliphatic rings. The topological polar surface area (TPSA) is 29.1 Å². The minimum absolute atomic E-state index is 0.00382. The van der Waals surface area contributed by atoms with Gasteiger partial charge < -0.3 is 5.32 Å². The Kier molecular flexibility index (Phi) is 2.80. The molecule has 0 unspecified atom stereocenters. The van der Waals surface area contributed by atoms with Crippen molar-refractivity contribution in [3.05, 3.63) is 11.9 Å². The van der Waals surface area contributed by atoms with Crippen LogP contribution < -0.4 is 5.32 Å². The third-order valence-corrected chi connectivity index (χ3v) is 0.636. The second kappa shape index (κ2) is 3.13. The molecule has 0 fully saturated rings. The van der Waals surface area contributed by atoms with Gasteiger partial charge in [-0.3, -0.25) is 0 Å². The van der Waals surface area contributed by atoms with Gasteiger partial charge in [-0.15, -0.1) is 0 Å². The van der Waals surface area contributed by atoms with E-state index in [1.54, 1.807) is 0 Å². The lowest BCUT2D eigenvalue weighted by atomic mass is 10.1. The van der Waals surface area contributed by atoms with Crippen LogP contribution in [-0.4, -0.2) is 11.5 Å². The van der Waals surface area contributed by atoms with E-state index in [1.165, 1.54) is 12.1 Å². The smallest absolute Gasteiger partial charge is 0.178 e. The molecule has 2 nitrogen and oxygen atoms in total. The van der Waals surface area contributed by atoms with E-state index in [1.807, 2.05) is 20.8 Å². The van der Waals surface area contributed by atoms with Crippen LogP contribution in [0, 0.1) is 0 Å². The highest BCUT2D eigenvalue weighted by atomic mass is 16.1. The summed E-state index contributed by atoms with van der Waals surface area (Å²) < 4.78 is 0. The van der Waals surface area contributed by atoms with Gasteiger partial charge in [0.05, 0.1) is 6.20 Å². The highest BCUT2D eigenvalue weighted by molar-refractivity contribution is 5.43. The van der Waals surface area contributed by atoms with Gasteiger partial charge in [-0.2, -0.15) is 0 Å². The first-order chi connectivity index (χ1) is 4.06. The molecule has 0 spiro atoms. The third-order valence-electron chi connectivity index (χ3n) is 0.636. The zero-order valence-electron chi connectivity index (χ0n) is 5.99. The molecule has 50 valence electrons. The Bertz CT molecular complexity index is 154. The molecule has 0 aromatic carbocycles. The quantitative estimate of drug-likeness (QED) is 0.416. The molecule has 0 radical (unpaired) electrons. The summed E-state index contributed by atoms with van der Waals surface area (Å²) in [5.41, 5.74) is 2.27. The van der Waals surface area contributed by atoms with Crippen LogP contribution in [0.25, 0.3) is 0 Å². The molecule has 0 bridgehead atoms. The van der Waals surface area contributed by atoms with Crippen LogP contribution in [0.1, 0.15) is 20.8 Å². The normalized spacial score (nSPS) is 9.22. The van der Waals surface area contributed by atoms with E-state index in [2.05, 4.69) is 11.0 Å². The molecule has 0 aliphatic carbocycles. The van der Waals surface area contributed by atoms with Gasteiger partial charge in [0.15, 0.2) is 5.94 Å². The van der Waals surface area contributed by atoms with Gasteiger partial charge in [0.25, 0.3) is 0 Å². The van der Waals surface area contributed by atoms with E-state index >= 15 is 0 Å². The summed E-state index contributed by atoms with van der Waals surface area (Å²) in [6, 6.07) is 0. The maximum Gasteiger partial charge on any atom is 0.178 e.